The van der Waals surface area contributed by atoms with Crippen molar-refractivity contribution in [3.63, 3.8) is 0 Å². The molecule has 2 N–H and O–H groups in total. The standard InChI is InChI=1S/C25H21ClN2O5/c1-2-33-18-9-10-20(26)19(12-18)23(30)21-22(16-5-7-17(29)8-6-16)28(25(32)24(21)31)14-15-4-3-11-27-13-15/h3-13,22,29-30H,2,14H2,1H3/b23-21+. The van der Waals surface area contributed by atoms with Crippen LogP contribution in [0.25, 0.3) is 5.76 Å². The molecule has 0 spiro atoms. The van der Waals surface area contributed by atoms with Crippen LogP contribution in [0.5, 0.6) is 11.5 Å². The van der Waals surface area contributed by atoms with Gasteiger partial charge in [-0.3, -0.25) is 14.6 Å². The number of Topliss-reactive ketones (excluding diaryl/α,β-unsaturated/α-hetero) is 1. The quantitative estimate of drug-likeness (QED) is 0.317. The first-order chi connectivity index (χ1) is 15.9. The van der Waals surface area contributed by atoms with Gasteiger partial charge in [-0.1, -0.05) is 29.8 Å². The van der Waals surface area contributed by atoms with Gasteiger partial charge < -0.3 is 19.8 Å². The Morgan fingerprint density at radius 1 is 1.15 bits per heavy atom. The molecule has 1 aromatic heterocycles. The number of aromatic nitrogens is 1. The fourth-order valence-corrected chi connectivity index (χ4v) is 4.03. The summed E-state index contributed by atoms with van der Waals surface area (Å²) in [5.74, 6) is -1.47. The third-order valence-corrected chi connectivity index (χ3v) is 5.66. The van der Waals surface area contributed by atoms with Crippen LogP contribution in [0.2, 0.25) is 5.02 Å². The van der Waals surface area contributed by atoms with Gasteiger partial charge in [-0.15, -0.1) is 0 Å². The summed E-state index contributed by atoms with van der Waals surface area (Å²) in [6, 6.07) is 13.5. The summed E-state index contributed by atoms with van der Waals surface area (Å²) in [5, 5.41) is 21.2. The lowest BCUT2D eigenvalue weighted by Crippen LogP contribution is -2.29. The van der Waals surface area contributed by atoms with Gasteiger partial charge in [0.2, 0.25) is 0 Å². The van der Waals surface area contributed by atoms with Gasteiger partial charge in [0.05, 0.1) is 23.2 Å². The smallest absolute Gasteiger partial charge is 0.295 e. The monoisotopic (exact) mass is 464 g/mol. The molecule has 0 aliphatic carbocycles. The summed E-state index contributed by atoms with van der Waals surface area (Å²) in [7, 11) is 0. The van der Waals surface area contributed by atoms with Gasteiger partial charge in [0.15, 0.2) is 0 Å². The first kappa shape index (κ1) is 22.4. The van der Waals surface area contributed by atoms with E-state index in [1.807, 2.05) is 6.92 Å². The Hall–Kier alpha value is -3.84. The number of ketones is 1. The van der Waals surface area contributed by atoms with Gasteiger partial charge in [-0.05, 0) is 54.4 Å². The zero-order valence-electron chi connectivity index (χ0n) is 17.7. The average molecular weight is 465 g/mol. The van der Waals surface area contributed by atoms with E-state index in [1.54, 1.807) is 48.8 Å². The molecule has 0 saturated carbocycles. The lowest BCUT2D eigenvalue weighted by atomic mass is 9.95. The summed E-state index contributed by atoms with van der Waals surface area (Å²) in [6.07, 6.45) is 3.22. The highest BCUT2D eigenvalue weighted by atomic mass is 35.5. The number of ether oxygens (including phenoxy) is 1. The number of amides is 1. The number of likely N-dealkylation sites (tertiary alicyclic amines) is 1. The molecule has 0 bridgehead atoms. The van der Waals surface area contributed by atoms with Crippen LogP contribution in [0, 0.1) is 0 Å². The molecule has 8 heteroatoms. The Morgan fingerprint density at radius 3 is 2.58 bits per heavy atom. The molecule has 1 aliphatic rings. The fraction of sp³-hybridized carbons (Fsp3) is 0.160. The number of aliphatic hydroxyl groups is 1. The Labute approximate surface area is 195 Å². The summed E-state index contributed by atoms with van der Waals surface area (Å²) in [4.78, 5) is 31.7. The number of halogens is 1. The van der Waals surface area contributed by atoms with Gasteiger partial charge in [-0.25, -0.2) is 0 Å². The Balaban J connectivity index is 1.88. The number of hydrogen-bond donors (Lipinski definition) is 2. The van der Waals surface area contributed by atoms with E-state index in [0.717, 1.165) is 5.56 Å². The molecule has 33 heavy (non-hydrogen) atoms. The minimum absolute atomic E-state index is 0.0374. The predicted octanol–water partition coefficient (Wildman–Crippen LogP) is 4.46. The van der Waals surface area contributed by atoms with Crippen molar-refractivity contribution in [3.05, 3.63) is 94.3 Å². The number of carbonyl (C=O) groups excluding carboxylic acids is 2. The second-order valence-corrected chi connectivity index (χ2v) is 7.86. The van der Waals surface area contributed by atoms with Gasteiger partial charge in [0, 0.05) is 24.5 Å². The second-order valence-electron chi connectivity index (χ2n) is 7.45. The molecule has 1 amide bonds. The average Bonchev–Trinajstić information content (AvgIpc) is 3.06. The van der Waals surface area contributed by atoms with E-state index < -0.39 is 23.5 Å². The van der Waals surface area contributed by atoms with E-state index in [2.05, 4.69) is 4.98 Å². The molecular formula is C25H21ClN2O5. The number of hydrogen-bond acceptors (Lipinski definition) is 6. The minimum atomic E-state index is -0.891. The van der Waals surface area contributed by atoms with Crippen molar-refractivity contribution in [3.8, 4) is 11.5 Å². The van der Waals surface area contributed by atoms with Crippen LogP contribution in [0.3, 0.4) is 0 Å². The maximum Gasteiger partial charge on any atom is 0.295 e. The molecule has 2 heterocycles. The van der Waals surface area contributed by atoms with Crippen molar-refractivity contribution in [1.82, 2.24) is 9.88 Å². The molecule has 1 fully saturated rings. The van der Waals surface area contributed by atoms with Crippen LogP contribution in [0.4, 0.5) is 0 Å². The van der Waals surface area contributed by atoms with Crippen molar-refractivity contribution < 1.29 is 24.5 Å². The van der Waals surface area contributed by atoms with E-state index in [1.165, 1.54) is 23.1 Å². The van der Waals surface area contributed by atoms with Crippen molar-refractivity contribution in [2.24, 2.45) is 0 Å². The van der Waals surface area contributed by atoms with E-state index >= 15 is 0 Å². The Morgan fingerprint density at radius 2 is 1.91 bits per heavy atom. The highest BCUT2D eigenvalue weighted by Gasteiger charge is 2.46. The summed E-state index contributed by atoms with van der Waals surface area (Å²) < 4.78 is 5.50. The first-order valence-electron chi connectivity index (χ1n) is 10.3. The second kappa shape index (κ2) is 9.34. The molecule has 1 atom stereocenters. The van der Waals surface area contributed by atoms with E-state index in [0.29, 0.717) is 17.9 Å². The zero-order chi connectivity index (χ0) is 23.5. The molecule has 1 aliphatic heterocycles. The summed E-state index contributed by atoms with van der Waals surface area (Å²) in [6.45, 7) is 2.33. The summed E-state index contributed by atoms with van der Waals surface area (Å²) >= 11 is 6.33. The Bertz CT molecular complexity index is 1230. The molecule has 1 unspecified atom stereocenters. The van der Waals surface area contributed by atoms with Crippen LogP contribution in [-0.4, -0.2) is 38.4 Å². The number of carbonyl (C=O) groups is 2. The van der Waals surface area contributed by atoms with Crippen LogP contribution in [0.1, 0.15) is 29.7 Å². The number of phenolic OH excluding ortho intramolecular Hbond substituents is 1. The highest BCUT2D eigenvalue weighted by Crippen LogP contribution is 2.42. The molecule has 3 aromatic rings. The number of nitrogens with zero attached hydrogens (tertiary/aromatic N) is 2. The van der Waals surface area contributed by atoms with Crippen molar-refractivity contribution in [1.29, 1.82) is 0 Å². The van der Waals surface area contributed by atoms with Crippen LogP contribution >= 0.6 is 11.6 Å². The van der Waals surface area contributed by atoms with Crippen molar-refractivity contribution in [2.75, 3.05) is 6.61 Å². The van der Waals surface area contributed by atoms with E-state index in [9.17, 15) is 19.8 Å². The number of phenols is 1. The lowest BCUT2D eigenvalue weighted by molar-refractivity contribution is -0.140. The normalized spacial score (nSPS) is 17.4. The highest BCUT2D eigenvalue weighted by molar-refractivity contribution is 6.47. The Kier molecular flexibility index (Phi) is 6.33. The van der Waals surface area contributed by atoms with E-state index in [4.69, 9.17) is 16.3 Å². The lowest BCUT2D eigenvalue weighted by Gasteiger charge is -2.25. The summed E-state index contributed by atoms with van der Waals surface area (Å²) in [5.41, 5.74) is 1.37. The zero-order valence-corrected chi connectivity index (χ0v) is 18.5. The van der Waals surface area contributed by atoms with Crippen LogP contribution in [0.15, 0.2) is 72.6 Å². The SMILES string of the molecule is CCOc1ccc(Cl)c(/C(O)=C2\C(=O)C(=O)N(Cc3cccnc3)C2c2ccc(O)cc2)c1. The number of aromatic hydroxyl groups is 1. The third-order valence-electron chi connectivity index (χ3n) is 5.33. The van der Waals surface area contributed by atoms with Gasteiger partial charge in [-0.2, -0.15) is 0 Å². The maximum absolute atomic E-state index is 13.1. The van der Waals surface area contributed by atoms with E-state index in [-0.39, 0.29) is 28.5 Å². The molecule has 0 radical (unpaired) electrons. The molecule has 168 valence electrons. The molecule has 7 nitrogen and oxygen atoms in total. The van der Waals surface area contributed by atoms with Crippen molar-refractivity contribution >= 4 is 29.1 Å². The number of pyridine rings is 1. The third kappa shape index (κ3) is 4.40. The van der Waals surface area contributed by atoms with Gasteiger partial charge in [0.1, 0.15) is 17.3 Å². The van der Waals surface area contributed by atoms with Gasteiger partial charge in [0.25, 0.3) is 11.7 Å². The number of benzene rings is 2. The van der Waals surface area contributed by atoms with Crippen LogP contribution in [-0.2, 0) is 16.1 Å². The predicted molar refractivity (Wildman–Crippen MR) is 123 cm³/mol. The molecule has 1 saturated heterocycles. The van der Waals surface area contributed by atoms with Gasteiger partial charge >= 0.3 is 0 Å². The fourth-order valence-electron chi connectivity index (χ4n) is 3.82. The van der Waals surface area contributed by atoms with Crippen LogP contribution < -0.4 is 4.74 Å². The first-order valence-corrected chi connectivity index (χ1v) is 10.7. The molecular weight excluding hydrogens is 444 g/mol. The molecule has 2 aromatic carbocycles. The molecule has 4 rings (SSSR count). The topological polar surface area (TPSA) is 100.0 Å². The van der Waals surface area contributed by atoms with Crippen molar-refractivity contribution in [2.45, 2.75) is 19.5 Å². The maximum atomic E-state index is 13.1. The minimum Gasteiger partial charge on any atom is -0.508 e. The number of rotatable bonds is 6. The largest absolute Gasteiger partial charge is 0.508 e. The number of aliphatic hydroxyl groups excluding tert-OH is 1.